The molecule has 9 heteroatoms. The van der Waals surface area contributed by atoms with Crippen molar-refractivity contribution in [1.29, 1.82) is 0 Å². The molecule has 0 N–H and O–H groups in total. The Morgan fingerprint density at radius 3 is 2.95 bits per heavy atom. The van der Waals surface area contributed by atoms with E-state index in [-0.39, 0.29) is 22.8 Å². The van der Waals surface area contributed by atoms with Crippen molar-refractivity contribution in [3.63, 3.8) is 0 Å². The lowest BCUT2D eigenvalue weighted by molar-refractivity contribution is -0.382. The van der Waals surface area contributed by atoms with Crippen LogP contribution >= 0.6 is 11.3 Å². The molecule has 0 aliphatic carbocycles. The molecule has 0 saturated carbocycles. The Hall–Kier alpha value is -2.81. The first-order valence-electron chi connectivity index (χ1n) is 6.29. The molecule has 0 bridgehead atoms. The van der Waals surface area contributed by atoms with Gasteiger partial charge in [0.25, 0.3) is 11.2 Å². The number of carbonyl (C=O) groups excluding carboxylic acids is 1. The Balaban J connectivity index is 2.37. The van der Waals surface area contributed by atoms with E-state index >= 15 is 0 Å². The third kappa shape index (κ3) is 2.02. The molecule has 0 unspecified atom stereocenters. The topological polar surface area (TPSA) is 104 Å². The molecule has 0 saturated heterocycles. The molecule has 0 aliphatic heterocycles. The van der Waals surface area contributed by atoms with Crippen LogP contribution < -0.4 is 5.56 Å². The minimum Gasteiger partial charge on any atom is -0.462 e. The second kappa shape index (κ2) is 5.19. The summed E-state index contributed by atoms with van der Waals surface area (Å²) >= 11 is 1.02. The van der Waals surface area contributed by atoms with Gasteiger partial charge in [-0.25, -0.2) is 14.2 Å². The summed E-state index contributed by atoms with van der Waals surface area (Å²) in [5.41, 5.74) is -0.566. The van der Waals surface area contributed by atoms with Crippen molar-refractivity contribution in [3.05, 3.63) is 50.4 Å². The van der Waals surface area contributed by atoms with Crippen molar-refractivity contribution in [2.75, 3.05) is 6.61 Å². The van der Waals surface area contributed by atoms with Gasteiger partial charge in [-0.1, -0.05) is 17.4 Å². The highest BCUT2D eigenvalue weighted by atomic mass is 32.1. The maximum Gasteiger partial charge on any atom is 0.345 e. The molecule has 3 rings (SSSR count). The van der Waals surface area contributed by atoms with E-state index in [4.69, 9.17) is 4.74 Å². The normalized spacial score (nSPS) is 11.0. The van der Waals surface area contributed by atoms with Gasteiger partial charge in [0.1, 0.15) is 10.3 Å². The molecule has 0 amide bonds. The van der Waals surface area contributed by atoms with Gasteiger partial charge < -0.3 is 4.74 Å². The van der Waals surface area contributed by atoms with E-state index in [1.807, 2.05) is 0 Å². The highest BCUT2D eigenvalue weighted by Crippen LogP contribution is 2.31. The zero-order chi connectivity index (χ0) is 15.9. The number of carbonyl (C=O) groups is 1. The predicted molar refractivity (Wildman–Crippen MR) is 79.5 cm³/mol. The van der Waals surface area contributed by atoms with Crippen molar-refractivity contribution >= 4 is 38.2 Å². The average molecular weight is 319 g/mol. The Labute approximate surface area is 126 Å². The Bertz CT molecular complexity index is 975. The van der Waals surface area contributed by atoms with Crippen LogP contribution in [-0.2, 0) is 4.74 Å². The maximum absolute atomic E-state index is 12.5. The molecule has 0 aliphatic rings. The van der Waals surface area contributed by atoms with Crippen LogP contribution in [0.5, 0.6) is 0 Å². The molecule has 22 heavy (non-hydrogen) atoms. The van der Waals surface area contributed by atoms with Gasteiger partial charge in [-0.15, -0.1) is 0 Å². The lowest BCUT2D eigenvalue weighted by atomic mass is 10.3. The van der Waals surface area contributed by atoms with E-state index in [2.05, 4.69) is 4.98 Å². The predicted octanol–water partition coefficient (Wildman–Crippen LogP) is 1.99. The Kier molecular flexibility index (Phi) is 3.33. The van der Waals surface area contributed by atoms with E-state index in [1.165, 1.54) is 16.5 Å². The summed E-state index contributed by atoms with van der Waals surface area (Å²) in [6.45, 7) is 1.77. The van der Waals surface area contributed by atoms with E-state index < -0.39 is 16.5 Å². The zero-order valence-electron chi connectivity index (χ0n) is 11.3. The van der Waals surface area contributed by atoms with Crippen LogP contribution in [-0.4, -0.2) is 26.9 Å². The van der Waals surface area contributed by atoms with Crippen molar-refractivity contribution in [3.8, 4) is 0 Å². The maximum atomic E-state index is 12.5. The first-order chi connectivity index (χ1) is 10.5. The van der Waals surface area contributed by atoms with E-state index in [0.29, 0.717) is 10.2 Å². The largest absolute Gasteiger partial charge is 0.462 e. The van der Waals surface area contributed by atoms with Gasteiger partial charge >= 0.3 is 5.97 Å². The zero-order valence-corrected chi connectivity index (χ0v) is 12.1. The summed E-state index contributed by atoms with van der Waals surface area (Å²) in [6.07, 6.45) is 1.14. The molecule has 0 fully saturated rings. The number of aromatic nitrogens is 2. The standard InChI is InChI=1S/C13H9N3O5S/c1-2-21-12(18)7-6-14-13-15(11(7)17)8-4-3-5-9(16(19)20)10(8)22-13/h3-6H,2H2,1H3. The van der Waals surface area contributed by atoms with Crippen LogP contribution in [0.1, 0.15) is 17.3 Å². The van der Waals surface area contributed by atoms with Crippen LogP contribution in [0, 0.1) is 10.1 Å². The van der Waals surface area contributed by atoms with Crippen LogP contribution in [0.3, 0.4) is 0 Å². The number of hydrogen-bond donors (Lipinski definition) is 0. The molecule has 3 aromatic rings. The quantitative estimate of drug-likeness (QED) is 0.415. The number of nitro benzene ring substituents is 1. The molecule has 2 heterocycles. The molecule has 0 spiro atoms. The number of ether oxygens (including phenoxy) is 1. The molecular formula is C13H9N3O5S. The first-order valence-corrected chi connectivity index (χ1v) is 7.11. The SMILES string of the molecule is CCOC(=O)c1cnc2sc3c([N+](=O)[O-])cccc3n2c1=O. The minimum absolute atomic E-state index is 0.106. The van der Waals surface area contributed by atoms with Gasteiger partial charge in [0.05, 0.1) is 23.2 Å². The van der Waals surface area contributed by atoms with Gasteiger partial charge in [-0.05, 0) is 13.0 Å². The summed E-state index contributed by atoms with van der Waals surface area (Å²) in [5.74, 6) is -0.765. The number of fused-ring (bicyclic) bond motifs is 3. The van der Waals surface area contributed by atoms with Crippen LogP contribution in [0.15, 0.2) is 29.2 Å². The highest BCUT2D eigenvalue weighted by molar-refractivity contribution is 7.24. The second-order valence-corrected chi connectivity index (χ2v) is 5.28. The Morgan fingerprint density at radius 2 is 2.27 bits per heavy atom. The lowest BCUT2D eigenvalue weighted by Crippen LogP contribution is -2.23. The first kappa shape index (κ1) is 14.1. The number of hydrogen-bond acceptors (Lipinski definition) is 7. The number of benzene rings is 1. The molecule has 8 nitrogen and oxygen atoms in total. The molecule has 0 atom stereocenters. The van der Waals surface area contributed by atoms with Gasteiger partial charge in [0.2, 0.25) is 0 Å². The third-order valence-corrected chi connectivity index (χ3v) is 4.12. The molecule has 112 valence electrons. The molecule has 1 aromatic carbocycles. The van der Waals surface area contributed by atoms with Gasteiger partial charge in [0, 0.05) is 6.07 Å². The highest BCUT2D eigenvalue weighted by Gasteiger charge is 2.21. The minimum atomic E-state index is -0.765. The molecule has 0 radical (unpaired) electrons. The fourth-order valence-electron chi connectivity index (χ4n) is 2.10. The number of esters is 1. The molecule has 2 aromatic heterocycles. The van der Waals surface area contributed by atoms with Gasteiger partial charge in [-0.2, -0.15) is 0 Å². The average Bonchev–Trinajstić information content (AvgIpc) is 2.86. The van der Waals surface area contributed by atoms with E-state index in [0.717, 1.165) is 17.5 Å². The van der Waals surface area contributed by atoms with Crippen molar-refractivity contribution < 1.29 is 14.5 Å². The number of rotatable bonds is 3. The summed E-state index contributed by atoms with van der Waals surface area (Å²) in [7, 11) is 0. The number of non-ortho nitro benzene ring substituents is 1. The third-order valence-electron chi connectivity index (χ3n) is 3.03. The smallest absolute Gasteiger partial charge is 0.345 e. The summed E-state index contributed by atoms with van der Waals surface area (Å²) in [4.78, 5) is 39.1. The lowest BCUT2D eigenvalue weighted by Gasteiger charge is -2.01. The van der Waals surface area contributed by atoms with Crippen molar-refractivity contribution in [1.82, 2.24) is 9.38 Å². The number of nitrogens with zero attached hydrogens (tertiary/aromatic N) is 3. The summed E-state index contributed by atoms with van der Waals surface area (Å²) in [6, 6.07) is 4.41. The van der Waals surface area contributed by atoms with Gasteiger partial charge in [0.15, 0.2) is 4.96 Å². The van der Waals surface area contributed by atoms with Crippen LogP contribution in [0.25, 0.3) is 15.2 Å². The Morgan fingerprint density at radius 1 is 1.50 bits per heavy atom. The van der Waals surface area contributed by atoms with Crippen LogP contribution in [0.4, 0.5) is 5.69 Å². The molecular weight excluding hydrogens is 310 g/mol. The van der Waals surface area contributed by atoms with Crippen molar-refractivity contribution in [2.24, 2.45) is 0 Å². The summed E-state index contributed by atoms with van der Waals surface area (Å²) < 4.78 is 6.34. The van der Waals surface area contributed by atoms with Crippen molar-refractivity contribution in [2.45, 2.75) is 6.92 Å². The second-order valence-electron chi connectivity index (χ2n) is 4.30. The van der Waals surface area contributed by atoms with Crippen LogP contribution in [0.2, 0.25) is 0 Å². The summed E-state index contributed by atoms with van der Waals surface area (Å²) in [5, 5.41) is 11.1. The number of nitro groups is 1. The number of thiazole rings is 1. The van der Waals surface area contributed by atoms with Gasteiger partial charge in [-0.3, -0.25) is 14.9 Å². The fraction of sp³-hybridized carbons (Fsp3) is 0.154. The monoisotopic (exact) mass is 319 g/mol. The van der Waals surface area contributed by atoms with E-state index in [9.17, 15) is 19.7 Å². The fourth-order valence-corrected chi connectivity index (χ4v) is 3.17. The van der Waals surface area contributed by atoms with E-state index in [1.54, 1.807) is 13.0 Å².